The highest BCUT2D eigenvalue weighted by Gasteiger charge is 2.24. The highest BCUT2D eigenvalue weighted by molar-refractivity contribution is 6.02. The molecule has 0 unspecified atom stereocenters. The number of esters is 1. The van der Waals surface area contributed by atoms with Gasteiger partial charge in [0.25, 0.3) is 5.91 Å². The van der Waals surface area contributed by atoms with E-state index in [1.165, 1.54) is 5.56 Å². The average molecular weight is 480 g/mol. The first-order valence-corrected chi connectivity index (χ1v) is 12.5. The third kappa shape index (κ3) is 8.12. The summed E-state index contributed by atoms with van der Waals surface area (Å²) in [5.41, 5.74) is 3.33. The normalized spacial score (nSPS) is 14.0. The lowest BCUT2D eigenvalue weighted by Gasteiger charge is -2.35. The van der Waals surface area contributed by atoms with Crippen LogP contribution in [0.3, 0.4) is 0 Å². The van der Waals surface area contributed by atoms with E-state index in [9.17, 15) is 14.4 Å². The molecule has 2 aromatic rings. The standard InChI is InChI=1S/C28H37N3O4/c1-4-35-27(33)13-12-26(32)30-23-10-11-25(24(19-23)28(34)29-20(2)3)31-16-14-22(15-17-31)18-21-8-6-5-7-9-21/h5-11,19-20,22H,4,12-18H2,1-3H3,(H,29,34)(H,30,32). The van der Waals surface area contributed by atoms with Gasteiger partial charge in [-0.15, -0.1) is 0 Å². The third-order valence-electron chi connectivity index (χ3n) is 6.13. The van der Waals surface area contributed by atoms with Crippen molar-refractivity contribution < 1.29 is 19.1 Å². The largest absolute Gasteiger partial charge is 0.466 e. The summed E-state index contributed by atoms with van der Waals surface area (Å²) in [6.45, 7) is 7.63. The number of nitrogens with zero attached hydrogens (tertiary/aromatic N) is 1. The van der Waals surface area contributed by atoms with Gasteiger partial charge in [0.15, 0.2) is 0 Å². The first kappa shape index (κ1) is 26.3. The van der Waals surface area contributed by atoms with Gasteiger partial charge in [-0.05, 0) is 69.7 Å². The topological polar surface area (TPSA) is 87.7 Å². The fraction of sp³-hybridized carbons (Fsp3) is 0.464. The number of carbonyl (C=O) groups excluding carboxylic acids is 3. The quantitative estimate of drug-likeness (QED) is 0.488. The number of ether oxygens (including phenoxy) is 1. The Morgan fingerprint density at radius 1 is 1.03 bits per heavy atom. The summed E-state index contributed by atoms with van der Waals surface area (Å²) >= 11 is 0. The lowest BCUT2D eigenvalue weighted by atomic mass is 9.89. The highest BCUT2D eigenvalue weighted by Crippen LogP contribution is 2.30. The number of amides is 2. The number of carbonyl (C=O) groups is 3. The monoisotopic (exact) mass is 479 g/mol. The maximum atomic E-state index is 13.0. The van der Waals surface area contributed by atoms with Crippen molar-refractivity contribution in [2.45, 2.75) is 58.9 Å². The van der Waals surface area contributed by atoms with Gasteiger partial charge in [0.05, 0.1) is 18.6 Å². The Morgan fingerprint density at radius 3 is 2.40 bits per heavy atom. The molecule has 0 radical (unpaired) electrons. The van der Waals surface area contributed by atoms with E-state index in [-0.39, 0.29) is 30.7 Å². The first-order chi connectivity index (χ1) is 16.9. The van der Waals surface area contributed by atoms with Crippen molar-refractivity contribution in [3.05, 3.63) is 59.7 Å². The summed E-state index contributed by atoms with van der Waals surface area (Å²) in [5, 5.41) is 5.78. The van der Waals surface area contributed by atoms with Crippen molar-refractivity contribution in [3.8, 4) is 0 Å². The SMILES string of the molecule is CCOC(=O)CCC(=O)Nc1ccc(N2CCC(Cc3ccccc3)CC2)c(C(=O)NC(C)C)c1. The number of hydrogen-bond donors (Lipinski definition) is 2. The Labute approximate surface area is 208 Å². The van der Waals surface area contributed by atoms with E-state index in [0.717, 1.165) is 38.0 Å². The molecule has 0 aliphatic carbocycles. The molecule has 188 valence electrons. The van der Waals surface area contributed by atoms with Crippen LogP contribution < -0.4 is 15.5 Å². The molecule has 1 aliphatic rings. The number of rotatable bonds is 10. The second-order valence-electron chi connectivity index (χ2n) is 9.33. The number of hydrogen-bond acceptors (Lipinski definition) is 5. The van der Waals surface area contributed by atoms with Gasteiger partial charge >= 0.3 is 5.97 Å². The molecule has 0 aromatic heterocycles. The molecular formula is C28H37N3O4. The fourth-order valence-corrected chi connectivity index (χ4v) is 4.41. The highest BCUT2D eigenvalue weighted by atomic mass is 16.5. The smallest absolute Gasteiger partial charge is 0.306 e. The molecule has 2 aromatic carbocycles. The molecule has 2 amide bonds. The van der Waals surface area contributed by atoms with Crippen LogP contribution in [0.2, 0.25) is 0 Å². The van der Waals surface area contributed by atoms with Crippen molar-refractivity contribution >= 4 is 29.2 Å². The Hall–Kier alpha value is -3.35. The summed E-state index contributed by atoms with van der Waals surface area (Å²) in [4.78, 5) is 39.2. The minimum Gasteiger partial charge on any atom is -0.466 e. The lowest BCUT2D eigenvalue weighted by molar-refractivity contribution is -0.144. The summed E-state index contributed by atoms with van der Waals surface area (Å²) in [5.74, 6) is -0.225. The lowest BCUT2D eigenvalue weighted by Crippen LogP contribution is -2.37. The van der Waals surface area contributed by atoms with Crippen LogP contribution in [-0.4, -0.2) is 43.5 Å². The van der Waals surface area contributed by atoms with E-state index in [4.69, 9.17) is 4.74 Å². The van der Waals surface area contributed by atoms with E-state index in [0.29, 0.717) is 23.8 Å². The second kappa shape index (κ2) is 12.9. The van der Waals surface area contributed by atoms with Crippen molar-refractivity contribution in [1.29, 1.82) is 0 Å². The minimum atomic E-state index is -0.398. The van der Waals surface area contributed by atoms with Gasteiger partial charge in [-0.2, -0.15) is 0 Å². The first-order valence-electron chi connectivity index (χ1n) is 12.5. The predicted octanol–water partition coefficient (Wildman–Crippen LogP) is 4.57. The third-order valence-corrected chi connectivity index (χ3v) is 6.13. The number of nitrogens with one attached hydrogen (secondary N) is 2. The Morgan fingerprint density at radius 2 is 1.74 bits per heavy atom. The molecule has 1 heterocycles. The molecule has 0 spiro atoms. The molecule has 1 aliphatic heterocycles. The molecule has 7 nitrogen and oxygen atoms in total. The molecule has 0 atom stereocenters. The van der Waals surface area contributed by atoms with E-state index >= 15 is 0 Å². The van der Waals surface area contributed by atoms with Crippen molar-refractivity contribution in [2.75, 3.05) is 29.9 Å². The van der Waals surface area contributed by atoms with Crippen LogP contribution in [0.1, 0.15) is 62.4 Å². The number of anilines is 2. The van der Waals surface area contributed by atoms with Crippen LogP contribution in [0.4, 0.5) is 11.4 Å². The molecule has 1 saturated heterocycles. The van der Waals surface area contributed by atoms with Gasteiger partial charge in [-0.25, -0.2) is 0 Å². The van der Waals surface area contributed by atoms with Crippen LogP contribution in [0, 0.1) is 5.92 Å². The maximum Gasteiger partial charge on any atom is 0.306 e. The molecule has 7 heteroatoms. The zero-order chi connectivity index (χ0) is 25.2. The van der Waals surface area contributed by atoms with E-state index in [1.807, 2.05) is 32.0 Å². The van der Waals surface area contributed by atoms with Gasteiger partial charge in [-0.3, -0.25) is 14.4 Å². The Kier molecular flexibility index (Phi) is 9.70. The zero-order valence-corrected chi connectivity index (χ0v) is 21.0. The fourth-order valence-electron chi connectivity index (χ4n) is 4.41. The van der Waals surface area contributed by atoms with Gasteiger partial charge in [0.2, 0.25) is 5.91 Å². The van der Waals surface area contributed by atoms with Crippen molar-refractivity contribution in [3.63, 3.8) is 0 Å². The molecule has 1 fully saturated rings. The van der Waals surface area contributed by atoms with Crippen molar-refractivity contribution in [2.24, 2.45) is 5.92 Å². The maximum absolute atomic E-state index is 13.0. The predicted molar refractivity (Wildman–Crippen MR) is 139 cm³/mol. The summed E-state index contributed by atoms with van der Waals surface area (Å²) in [7, 11) is 0. The van der Waals surface area contributed by atoms with Crippen molar-refractivity contribution in [1.82, 2.24) is 5.32 Å². The van der Waals surface area contributed by atoms with E-state index in [2.05, 4.69) is 39.8 Å². The van der Waals surface area contributed by atoms with Gasteiger partial charge < -0.3 is 20.3 Å². The second-order valence-corrected chi connectivity index (χ2v) is 9.33. The van der Waals surface area contributed by atoms with Gasteiger partial charge in [0.1, 0.15) is 0 Å². The van der Waals surface area contributed by atoms with Gasteiger partial charge in [-0.1, -0.05) is 30.3 Å². The van der Waals surface area contributed by atoms with E-state index in [1.54, 1.807) is 13.0 Å². The number of piperidine rings is 1. The molecule has 0 saturated carbocycles. The molecule has 0 bridgehead atoms. The van der Waals surface area contributed by atoms with Crippen LogP contribution >= 0.6 is 0 Å². The van der Waals surface area contributed by atoms with Crippen LogP contribution in [-0.2, 0) is 20.7 Å². The molecule has 3 rings (SSSR count). The Bertz CT molecular complexity index is 999. The summed E-state index contributed by atoms with van der Waals surface area (Å²) < 4.78 is 4.88. The summed E-state index contributed by atoms with van der Waals surface area (Å²) in [6.07, 6.45) is 3.25. The molecular weight excluding hydrogens is 442 g/mol. The van der Waals surface area contributed by atoms with Crippen LogP contribution in [0.5, 0.6) is 0 Å². The molecule has 35 heavy (non-hydrogen) atoms. The zero-order valence-electron chi connectivity index (χ0n) is 21.0. The van der Waals surface area contributed by atoms with Gasteiger partial charge in [0, 0.05) is 36.9 Å². The van der Waals surface area contributed by atoms with Crippen LogP contribution in [0.15, 0.2) is 48.5 Å². The van der Waals surface area contributed by atoms with E-state index < -0.39 is 5.97 Å². The average Bonchev–Trinajstić information content (AvgIpc) is 2.84. The Balaban J connectivity index is 1.68. The number of benzene rings is 2. The summed E-state index contributed by atoms with van der Waals surface area (Å²) in [6, 6.07) is 16.0. The minimum absolute atomic E-state index is 0.00483. The van der Waals surface area contributed by atoms with Crippen LogP contribution in [0.25, 0.3) is 0 Å². The molecule has 2 N–H and O–H groups in total.